The van der Waals surface area contributed by atoms with Gasteiger partial charge in [0.25, 0.3) is 0 Å². The normalized spacial score (nSPS) is 11.6. The number of hydrogen-bond donors (Lipinski definition) is 1. The van der Waals surface area contributed by atoms with Gasteiger partial charge in [0.05, 0.1) is 32.2 Å². The number of hydrogen-bond acceptors (Lipinski definition) is 5. The fourth-order valence-electron chi connectivity index (χ4n) is 2.84. The third-order valence-corrected chi connectivity index (χ3v) is 7.03. The van der Waals surface area contributed by atoms with E-state index in [1.165, 1.54) is 12.1 Å². The van der Waals surface area contributed by atoms with E-state index >= 15 is 0 Å². The number of aromatic nitrogens is 1. The number of thiazole rings is 1. The molecule has 11 heteroatoms. The van der Waals surface area contributed by atoms with Gasteiger partial charge in [-0.1, -0.05) is 40.6 Å². The molecule has 0 fully saturated rings. The number of aryl methyl sites for hydroxylation is 1. The van der Waals surface area contributed by atoms with Crippen molar-refractivity contribution >= 4 is 72.1 Å². The van der Waals surface area contributed by atoms with Gasteiger partial charge >= 0.3 is 4.87 Å². The first-order valence-electron chi connectivity index (χ1n) is 8.46. The SMILES string of the molecule is CCn1c(=O)sc2cc(NC(=O)CN(c3cccc(Cl)c3Cl)S(C)(=O)=O)ccc21. The van der Waals surface area contributed by atoms with Crippen LogP contribution in [0.15, 0.2) is 41.2 Å². The summed E-state index contributed by atoms with van der Waals surface area (Å²) in [4.78, 5) is 24.4. The first kappa shape index (κ1) is 21.6. The summed E-state index contributed by atoms with van der Waals surface area (Å²) in [6.07, 6.45) is 0.981. The molecule has 0 aliphatic rings. The largest absolute Gasteiger partial charge is 0.324 e. The van der Waals surface area contributed by atoms with Gasteiger partial charge in [-0.25, -0.2) is 8.42 Å². The van der Waals surface area contributed by atoms with E-state index in [0.29, 0.717) is 12.2 Å². The van der Waals surface area contributed by atoms with Crippen LogP contribution in [0.5, 0.6) is 0 Å². The van der Waals surface area contributed by atoms with Crippen molar-refractivity contribution in [3.8, 4) is 0 Å². The van der Waals surface area contributed by atoms with Crippen LogP contribution in [0.1, 0.15) is 6.92 Å². The maximum absolute atomic E-state index is 12.5. The summed E-state index contributed by atoms with van der Waals surface area (Å²) in [6, 6.07) is 9.64. The zero-order chi connectivity index (χ0) is 21.3. The van der Waals surface area contributed by atoms with Gasteiger partial charge in [0.15, 0.2) is 0 Å². The minimum absolute atomic E-state index is 0.0412. The van der Waals surface area contributed by atoms with E-state index in [1.807, 2.05) is 6.92 Å². The van der Waals surface area contributed by atoms with Crippen molar-refractivity contribution in [3.63, 3.8) is 0 Å². The number of fused-ring (bicyclic) bond motifs is 1. The highest BCUT2D eigenvalue weighted by molar-refractivity contribution is 7.92. The molecule has 0 spiro atoms. The minimum Gasteiger partial charge on any atom is -0.324 e. The molecule has 0 aliphatic carbocycles. The standard InChI is InChI=1S/C18H17Cl2N3O4S2/c1-3-22-13-8-7-11(9-15(13)28-18(22)25)21-16(24)10-23(29(2,26)27)14-6-4-5-12(19)17(14)20/h4-9H,3,10H2,1-2H3,(H,21,24). The van der Waals surface area contributed by atoms with Gasteiger partial charge < -0.3 is 5.32 Å². The second kappa shape index (κ2) is 8.35. The summed E-state index contributed by atoms with van der Waals surface area (Å²) >= 11 is 13.2. The van der Waals surface area contributed by atoms with E-state index in [1.54, 1.807) is 28.8 Å². The molecule has 29 heavy (non-hydrogen) atoms. The summed E-state index contributed by atoms with van der Waals surface area (Å²) in [7, 11) is -3.80. The Kier molecular flexibility index (Phi) is 6.23. The number of nitrogens with zero attached hydrogens (tertiary/aromatic N) is 2. The van der Waals surface area contributed by atoms with Crippen LogP contribution in [0.4, 0.5) is 11.4 Å². The fraction of sp³-hybridized carbons (Fsp3) is 0.222. The predicted molar refractivity (Wildman–Crippen MR) is 119 cm³/mol. The number of carbonyl (C=O) groups is 1. The van der Waals surface area contributed by atoms with E-state index in [2.05, 4.69) is 5.32 Å². The number of benzene rings is 2. The molecule has 3 aromatic rings. The Labute approximate surface area is 181 Å². The Morgan fingerprint density at radius 2 is 1.97 bits per heavy atom. The lowest BCUT2D eigenvalue weighted by Crippen LogP contribution is -2.37. The summed E-state index contributed by atoms with van der Waals surface area (Å²) < 4.78 is 27.7. The molecule has 1 N–H and O–H groups in total. The van der Waals surface area contributed by atoms with Crippen LogP contribution in [0.25, 0.3) is 10.2 Å². The van der Waals surface area contributed by atoms with E-state index in [4.69, 9.17) is 23.2 Å². The fourth-order valence-corrected chi connectivity index (χ4v) is 5.14. The average Bonchev–Trinajstić information content (AvgIpc) is 2.95. The molecule has 0 radical (unpaired) electrons. The molecular formula is C18H17Cl2N3O4S2. The van der Waals surface area contributed by atoms with E-state index in [-0.39, 0.29) is 20.6 Å². The Morgan fingerprint density at radius 1 is 1.24 bits per heavy atom. The lowest BCUT2D eigenvalue weighted by Gasteiger charge is -2.23. The summed E-state index contributed by atoms with van der Waals surface area (Å²) in [5, 5.41) is 2.88. The van der Waals surface area contributed by atoms with Crippen LogP contribution in [0, 0.1) is 0 Å². The highest BCUT2D eigenvalue weighted by Gasteiger charge is 2.24. The van der Waals surface area contributed by atoms with Crippen LogP contribution in [-0.4, -0.2) is 31.7 Å². The van der Waals surface area contributed by atoms with Crippen molar-refractivity contribution in [2.75, 3.05) is 22.4 Å². The van der Waals surface area contributed by atoms with Crippen LogP contribution in [-0.2, 0) is 21.4 Å². The number of halogens is 2. The van der Waals surface area contributed by atoms with Gasteiger partial charge in [0.1, 0.15) is 6.54 Å². The molecule has 2 aromatic carbocycles. The van der Waals surface area contributed by atoms with Crippen molar-refractivity contribution in [1.82, 2.24) is 4.57 Å². The summed E-state index contributed by atoms with van der Waals surface area (Å²) in [6.45, 7) is 1.95. The molecule has 0 saturated carbocycles. The van der Waals surface area contributed by atoms with Crippen molar-refractivity contribution in [2.24, 2.45) is 0 Å². The number of anilines is 2. The van der Waals surface area contributed by atoms with Gasteiger partial charge in [-0.2, -0.15) is 0 Å². The number of amides is 1. The van der Waals surface area contributed by atoms with Crippen LogP contribution < -0.4 is 14.5 Å². The smallest absolute Gasteiger partial charge is 0.308 e. The van der Waals surface area contributed by atoms with Crippen LogP contribution in [0.3, 0.4) is 0 Å². The molecule has 0 saturated heterocycles. The average molecular weight is 474 g/mol. The first-order valence-corrected chi connectivity index (χ1v) is 11.9. The second-order valence-corrected chi connectivity index (χ2v) is 9.87. The van der Waals surface area contributed by atoms with Crippen molar-refractivity contribution in [3.05, 3.63) is 56.1 Å². The third-order valence-electron chi connectivity index (χ3n) is 4.16. The van der Waals surface area contributed by atoms with Gasteiger partial charge in [-0.05, 0) is 37.3 Å². The second-order valence-electron chi connectivity index (χ2n) is 6.19. The highest BCUT2D eigenvalue weighted by atomic mass is 35.5. The minimum atomic E-state index is -3.80. The van der Waals surface area contributed by atoms with Crippen molar-refractivity contribution in [1.29, 1.82) is 0 Å². The topological polar surface area (TPSA) is 88.5 Å². The van der Waals surface area contributed by atoms with Gasteiger partial charge in [0, 0.05) is 12.2 Å². The molecule has 1 aromatic heterocycles. The zero-order valence-electron chi connectivity index (χ0n) is 15.5. The van der Waals surface area contributed by atoms with E-state index < -0.39 is 22.5 Å². The lowest BCUT2D eigenvalue weighted by atomic mass is 10.3. The third kappa shape index (κ3) is 4.58. The summed E-state index contributed by atoms with van der Waals surface area (Å²) in [5.41, 5.74) is 1.35. The van der Waals surface area contributed by atoms with Crippen molar-refractivity contribution < 1.29 is 13.2 Å². The Balaban J connectivity index is 1.87. The molecule has 0 atom stereocenters. The maximum Gasteiger partial charge on any atom is 0.308 e. The molecular weight excluding hydrogens is 457 g/mol. The monoisotopic (exact) mass is 473 g/mol. The Bertz CT molecular complexity index is 1250. The molecule has 7 nitrogen and oxygen atoms in total. The molecule has 1 amide bonds. The van der Waals surface area contributed by atoms with Crippen LogP contribution in [0.2, 0.25) is 10.0 Å². The molecule has 154 valence electrons. The Morgan fingerprint density at radius 3 is 2.62 bits per heavy atom. The highest BCUT2D eigenvalue weighted by Crippen LogP contribution is 2.33. The van der Waals surface area contributed by atoms with Crippen molar-refractivity contribution in [2.45, 2.75) is 13.5 Å². The van der Waals surface area contributed by atoms with Gasteiger partial charge in [0.2, 0.25) is 15.9 Å². The quantitative estimate of drug-likeness (QED) is 0.589. The summed E-state index contributed by atoms with van der Waals surface area (Å²) in [5.74, 6) is -0.562. The number of sulfonamides is 1. The maximum atomic E-state index is 12.5. The molecule has 0 aliphatic heterocycles. The molecule has 0 unspecified atom stereocenters. The first-order chi connectivity index (χ1) is 13.6. The van der Waals surface area contributed by atoms with Crippen LogP contribution >= 0.6 is 34.5 Å². The lowest BCUT2D eigenvalue weighted by molar-refractivity contribution is -0.114. The molecule has 3 rings (SSSR count). The van der Waals surface area contributed by atoms with Gasteiger partial charge in [-0.15, -0.1) is 0 Å². The van der Waals surface area contributed by atoms with Gasteiger partial charge in [-0.3, -0.25) is 18.5 Å². The Hall–Kier alpha value is -2.07. The number of rotatable bonds is 6. The predicted octanol–water partition coefficient (Wildman–Crippen LogP) is 3.79. The zero-order valence-corrected chi connectivity index (χ0v) is 18.6. The number of carbonyl (C=O) groups excluding carboxylic acids is 1. The van der Waals surface area contributed by atoms with E-state index in [0.717, 1.165) is 32.1 Å². The van der Waals surface area contributed by atoms with E-state index in [9.17, 15) is 18.0 Å². The number of nitrogens with one attached hydrogen (secondary N) is 1. The molecule has 1 heterocycles. The molecule has 0 bridgehead atoms.